The number of amides is 1. The lowest BCUT2D eigenvalue weighted by molar-refractivity contribution is 0.0940. The fourth-order valence-electron chi connectivity index (χ4n) is 2.11. The maximum atomic E-state index is 12.3. The van der Waals surface area contributed by atoms with Gasteiger partial charge in [-0.05, 0) is 43.2 Å². The summed E-state index contributed by atoms with van der Waals surface area (Å²) in [6, 6.07) is 13.0. The number of halogens is 1. The Labute approximate surface area is 129 Å². The molecule has 0 radical (unpaired) electrons. The Balaban J connectivity index is 2.20. The van der Waals surface area contributed by atoms with E-state index in [0.717, 1.165) is 11.1 Å². The zero-order valence-electron chi connectivity index (χ0n) is 11.4. The van der Waals surface area contributed by atoms with Crippen LogP contribution in [0.15, 0.2) is 47.4 Å². The monoisotopic (exact) mass is 305 g/mol. The van der Waals surface area contributed by atoms with Crippen LogP contribution in [0.1, 0.15) is 34.5 Å². The van der Waals surface area contributed by atoms with Crippen molar-refractivity contribution in [3.8, 4) is 0 Å². The van der Waals surface area contributed by atoms with Crippen molar-refractivity contribution in [2.45, 2.75) is 24.8 Å². The molecule has 0 aliphatic heterocycles. The van der Waals surface area contributed by atoms with Crippen LogP contribution in [0.5, 0.6) is 0 Å². The van der Waals surface area contributed by atoms with E-state index >= 15 is 0 Å². The van der Waals surface area contributed by atoms with Crippen LogP contribution in [0.3, 0.4) is 0 Å². The highest BCUT2D eigenvalue weighted by Gasteiger charge is 2.15. The minimum absolute atomic E-state index is 0.0802. The molecule has 4 heteroatoms. The number of aryl methyl sites for hydroxylation is 1. The van der Waals surface area contributed by atoms with E-state index in [9.17, 15) is 4.79 Å². The summed E-state index contributed by atoms with van der Waals surface area (Å²) in [5, 5.41) is 3.39. The molecule has 0 fully saturated rings. The van der Waals surface area contributed by atoms with Crippen molar-refractivity contribution < 1.29 is 4.79 Å². The van der Waals surface area contributed by atoms with Crippen LogP contribution in [0.25, 0.3) is 0 Å². The third-order valence-electron chi connectivity index (χ3n) is 3.20. The van der Waals surface area contributed by atoms with Gasteiger partial charge in [-0.3, -0.25) is 4.79 Å². The van der Waals surface area contributed by atoms with Gasteiger partial charge in [-0.1, -0.05) is 35.9 Å². The zero-order valence-corrected chi connectivity index (χ0v) is 13.0. The average molecular weight is 306 g/mol. The highest BCUT2D eigenvalue weighted by Crippen LogP contribution is 2.22. The van der Waals surface area contributed by atoms with Gasteiger partial charge in [0.1, 0.15) is 0 Å². The molecule has 104 valence electrons. The predicted octanol–water partition coefficient (Wildman–Crippen LogP) is 4.43. The summed E-state index contributed by atoms with van der Waals surface area (Å²) in [6.07, 6.45) is 0. The summed E-state index contributed by atoms with van der Waals surface area (Å²) in [6.45, 7) is 3.98. The fraction of sp³-hybridized carbons (Fsp3) is 0.188. The Bertz CT molecular complexity index is 642. The maximum absolute atomic E-state index is 12.3. The van der Waals surface area contributed by atoms with Gasteiger partial charge in [-0.15, -0.1) is 12.6 Å². The maximum Gasteiger partial charge on any atom is 0.253 e. The van der Waals surface area contributed by atoms with E-state index < -0.39 is 0 Å². The van der Waals surface area contributed by atoms with Crippen molar-refractivity contribution in [2.75, 3.05) is 0 Å². The molecule has 0 aliphatic rings. The molecule has 0 saturated carbocycles. The molecule has 20 heavy (non-hydrogen) atoms. The molecule has 0 saturated heterocycles. The van der Waals surface area contributed by atoms with Gasteiger partial charge >= 0.3 is 0 Å². The van der Waals surface area contributed by atoms with E-state index in [2.05, 4.69) is 17.9 Å². The van der Waals surface area contributed by atoms with Gasteiger partial charge in [0.2, 0.25) is 0 Å². The van der Waals surface area contributed by atoms with Gasteiger partial charge < -0.3 is 5.32 Å². The molecule has 1 amide bonds. The van der Waals surface area contributed by atoms with Crippen LogP contribution in [-0.2, 0) is 0 Å². The third kappa shape index (κ3) is 3.35. The molecule has 0 aliphatic carbocycles. The highest BCUT2D eigenvalue weighted by atomic mass is 35.5. The minimum atomic E-state index is -0.193. The second-order valence-corrected chi connectivity index (χ2v) is 5.64. The van der Waals surface area contributed by atoms with Crippen molar-refractivity contribution in [3.63, 3.8) is 0 Å². The Kier molecular flexibility index (Phi) is 4.73. The van der Waals surface area contributed by atoms with E-state index in [4.69, 9.17) is 11.6 Å². The Morgan fingerprint density at radius 1 is 1.25 bits per heavy atom. The summed E-state index contributed by atoms with van der Waals surface area (Å²) in [7, 11) is 0. The molecule has 0 heterocycles. The van der Waals surface area contributed by atoms with Gasteiger partial charge in [0.15, 0.2) is 0 Å². The summed E-state index contributed by atoms with van der Waals surface area (Å²) >= 11 is 10.3. The summed E-state index contributed by atoms with van der Waals surface area (Å²) in [5.74, 6) is -0.193. The van der Waals surface area contributed by atoms with E-state index in [1.165, 1.54) is 0 Å². The molecule has 1 unspecified atom stereocenters. The fourth-order valence-corrected chi connectivity index (χ4v) is 2.52. The Morgan fingerprint density at radius 3 is 2.65 bits per heavy atom. The summed E-state index contributed by atoms with van der Waals surface area (Å²) in [5.41, 5.74) is 2.69. The molecule has 0 spiro atoms. The van der Waals surface area contributed by atoms with Crippen molar-refractivity contribution in [1.29, 1.82) is 0 Å². The SMILES string of the molecule is Cc1ccccc1C(C)NC(=O)c1cc(S)ccc1Cl. The van der Waals surface area contributed by atoms with Gasteiger partial charge in [-0.2, -0.15) is 0 Å². The van der Waals surface area contributed by atoms with Gasteiger partial charge in [0.25, 0.3) is 5.91 Å². The van der Waals surface area contributed by atoms with Crippen molar-refractivity contribution in [3.05, 3.63) is 64.2 Å². The standard InChI is InChI=1S/C16H16ClNOS/c1-10-5-3-4-6-13(10)11(2)18-16(19)14-9-12(20)7-8-15(14)17/h3-9,11,20H,1-2H3,(H,18,19). The van der Waals surface area contributed by atoms with Crippen molar-refractivity contribution in [1.82, 2.24) is 5.32 Å². The van der Waals surface area contributed by atoms with E-state index in [0.29, 0.717) is 15.5 Å². The number of rotatable bonds is 3. The summed E-state index contributed by atoms with van der Waals surface area (Å²) in [4.78, 5) is 13.0. The lowest BCUT2D eigenvalue weighted by atomic mass is 10.0. The Hall–Kier alpha value is -1.45. The molecule has 0 bridgehead atoms. The van der Waals surface area contributed by atoms with Crippen LogP contribution in [-0.4, -0.2) is 5.91 Å². The van der Waals surface area contributed by atoms with E-state index in [-0.39, 0.29) is 11.9 Å². The van der Waals surface area contributed by atoms with Gasteiger partial charge in [0.05, 0.1) is 16.6 Å². The average Bonchev–Trinajstić information content (AvgIpc) is 2.41. The lowest BCUT2D eigenvalue weighted by Crippen LogP contribution is -2.27. The largest absolute Gasteiger partial charge is 0.345 e. The van der Waals surface area contributed by atoms with E-state index in [1.807, 2.05) is 38.1 Å². The number of benzene rings is 2. The normalized spacial score (nSPS) is 12.0. The quantitative estimate of drug-likeness (QED) is 0.807. The first-order valence-corrected chi connectivity index (χ1v) is 7.16. The Morgan fingerprint density at radius 2 is 1.95 bits per heavy atom. The molecule has 2 aromatic rings. The summed E-state index contributed by atoms with van der Waals surface area (Å²) < 4.78 is 0. The number of hydrogen-bond acceptors (Lipinski definition) is 2. The zero-order chi connectivity index (χ0) is 14.7. The predicted molar refractivity (Wildman–Crippen MR) is 85.8 cm³/mol. The third-order valence-corrected chi connectivity index (χ3v) is 3.80. The molecule has 0 aromatic heterocycles. The second kappa shape index (κ2) is 6.33. The highest BCUT2D eigenvalue weighted by molar-refractivity contribution is 7.80. The first kappa shape index (κ1) is 14.9. The number of carbonyl (C=O) groups is 1. The second-order valence-electron chi connectivity index (χ2n) is 4.72. The molecular formula is C16H16ClNOS. The molecule has 2 nitrogen and oxygen atoms in total. The van der Waals surface area contributed by atoms with Crippen LogP contribution in [0.4, 0.5) is 0 Å². The molecule has 2 rings (SSSR count). The molecule has 2 aromatic carbocycles. The van der Waals surface area contributed by atoms with Crippen LogP contribution in [0.2, 0.25) is 5.02 Å². The molecular weight excluding hydrogens is 290 g/mol. The lowest BCUT2D eigenvalue weighted by Gasteiger charge is -2.17. The minimum Gasteiger partial charge on any atom is -0.345 e. The van der Waals surface area contributed by atoms with Crippen LogP contribution in [0, 0.1) is 6.92 Å². The number of nitrogens with one attached hydrogen (secondary N) is 1. The smallest absolute Gasteiger partial charge is 0.253 e. The van der Waals surface area contributed by atoms with Crippen molar-refractivity contribution in [2.24, 2.45) is 0 Å². The van der Waals surface area contributed by atoms with E-state index in [1.54, 1.807) is 18.2 Å². The van der Waals surface area contributed by atoms with Gasteiger partial charge in [-0.25, -0.2) is 0 Å². The van der Waals surface area contributed by atoms with Crippen LogP contribution >= 0.6 is 24.2 Å². The molecule has 1 atom stereocenters. The number of carbonyl (C=O) groups excluding carboxylic acids is 1. The topological polar surface area (TPSA) is 29.1 Å². The number of hydrogen-bond donors (Lipinski definition) is 2. The number of thiol groups is 1. The van der Waals surface area contributed by atoms with Crippen molar-refractivity contribution >= 4 is 30.1 Å². The first-order valence-electron chi connectivity index (χ1n) is 6.34. The van der Waals surface area contributed by atoms with Gasteiger partial charge in [0, 0.05) is 4.90 Å². The first-order chi connectivity index (χ1) is 9.49. The van der Waals surface area contributed by atoms with Crippen LogP contribution < -0.4 is 5.32 Å². The molecule has 1 N–H and O–H groups in total.